The third kappa shape index (κ3) is 2.95. The van der Waals surface area contributed by atoms with Gasteiger partial charge in [0.05, 0.1) is 10.6 Å². The summed E-state index contributed by atoms with van der Waals surface area (Å²) in [5, 5.41) is 11.9. The Morgan fingerprint density at radius 2 is 2.25 bits per heavy atom. The van der Waals surface area contributed by atoms with Gasteiger partial charge >= 0.3 is 0 Å². The van der Waals surface area contributed by atoms with E-state index in [2.05, 4.69) is 17.1 Å². The van der Waals surface area contributed by atoms with Gasteiger partial charge in [-0.1, -0.05) is 23.9 Å². The fourth-order valence-electron chi connectivity index (χ4n) is 4.08. The number of hydrogen-bond acceptors (Lipinski definition) is 4. The van der Waals surface area contributed by atoms with E-state index < -0.39 is 0 Å². The Morgan fingerprint density at radius 1 is 1.38 bits per heavy atom. The average molecular weight is 343 g/mol. The number of aliphatic imine (C=N–C) groups is 1. The van der Waals surface area contributed by atoms with E-state index in [4.69, 9.17) is 4.99 Å². The standard InChI is InChI=1S/C18H21N3O2S/c1-12-8-16(21(22)23)4-5-17(12)19-18-20(6-7-24-18)11-15-10-13-2-3-14(15)9-13/h2-5,8,13-15H,6-7,9-11H2,1H3. The molecule has 0 amide bonds. The summed E-state index contributed by atoms with van der Waals surface area (Å²) in [6.45, 7) is 4.02. The molecule has 2 aliphatic carbocycles. The lowest BCUT2D eigenvalue weighted by Crippen LogP contribution is -2.32. The molecule has 24 heavy (non-hydrogen) atoms. The third-order valence-corrected chi connectivity index (χ3v) is 6.34. The Labute approximate surface area is 146 Å². The molecule has 0 radical (unpaired) electrons. The number of non-ortho nitro benzene ring substituents is 1. The number of benzene rings is 1. The second-order valence-corrected chi connectivity index (χ2v) is 8.02. The molecule has 126 valence electrons. The highest BCUT2D eigenvalue weighted by atomic mass is 32.2. The van der Waals surface area contributed by atoms with E-state index in [0.717, 1.165) is 53.0 Å². The Bertz CT molecular complexity index is 731. The van der Waals surface area contributed by atoms with Gasteiger partial charge in [0.15, 0.2) is 5.17 Å². The third-order valence-electron chi connectivity index (χ3n) is 5.34. The molecule has 0 N–H and O–H groups in total. The minimum atomic E-state index is -0.358. The van der Waals surface area contributed by atoms with Crippen LogP contribution in [0.25, 0.3) is 0 Å². The molecule has 4 rings (SSSR count). The molecule has 5 nitrogen and oxygen atoms in total. The first kappa shape index (κ1) is 15.7. The van der Waals surface area contributed by atoms with Crippen molar-refractivity contribution in [2.24, 2.45) is 22.7 Å². The Morgan fingerprint density at radius 3 is 2.92 bits per heavy atom. The molecular weight excluding hydrogens is 322 g/mol. The molecule has 1 aromatic rings. The van der Waals surface area contributed by atoms with Gasteiger partial charge in [-0.25, -0.2) is 4.99 Å². The Hall–Kier alpha value is -1.82. The molecule has 3 atom stereocenters. The summed E-state index contributed by atoms with van der Waals surface area (Å²) in [5.74, 6) is 3.37. The lowest BCUT2D eigenvalue weighted by Gasteiger charge is -2.26. The lowest BCUT2D eigenvalue weighted by molar-refractivity contribution is -0.384. The highest BCUT2D eigenvalue weighted by molar-refractivity contribution is 8.14. The number of fused-ring (bicyclic) bond motifs is 2. The molecule has 2 fully saturated rings. The maximum absolute atomic E-state index is 10.9. The molecule has 0 spiro atoms. The summed E-state index contributed by atoms with van der Waals surface area (Å²) in [6, 6.07) is 4.90. The van der Waals surface area contributed by atoms with Gasteiger partial charge in [0.1, 0.15) is 0 Å². The first-order valence-corrected chi connectivity index (χ1v) is 9.48. The Kier molecular flexibility index (Phi) is 4.08. The van der Waals surface area contributed by atoms with E-state index in [-0.39, 0.29) is 10.6 Å². The number of hydrogen-bond donors (Lipinski definition) is 0. The van der Waals surface area contributed by atoms with E-state index in [9.17, 15) is 10.1 Å². The average Bonchev–Trinajstić information content (AvgIpc) is 3.27. The van der Waals surface area contributed by atoms with Crippen LogP contribution in [-0.2, 0) is 0 Å². The lowest BCUT2D eigenvalue weighted by atomic mass is 9.93. The maximum atomic E-state index is 10.9. The zero-order valence-corrected chi connectivity index (χ0v) is 14.5. The van der Waals surface area contributed by atoms with E-state index in [1.54, 1.807) is 23.9 Å². The largest absolute Gasteiger partial charge is 0.350 e. The van der Waals surface area contributed by atoms with Gasteiger partial charge in [0.2, 0.25) is 0 Å². The van der Waals surface area contributed by atoms with Crippen LogP contribution in [-0.4, -0.2) is 33.8 Å². The first-order chi connectivity index (χ1) is 11.6. The van der Waals surface area contributed by atoms with Crippen molar-refractivity contribution in [1.29, 1.82) is 0 Å². The van der Waals surface area contributed by atoms with Crippen molar-refractivity contribution in [3.8, 4) is 0 Å². The quantitative estimate of drug-likeness (QED) is 0.468. The van der Waals surface area contributed by atoms with Gasteiger partial charge in [0, 0.05) is 31.0 Å². The minimum Gasteiger partial charge on any atom is -0.350 e. The number of nitro benzene ring substituents is 1. The molecule has 6 heteroatoms. The zero-order chi connectivity index (χ0) is 16.7. The van der Waals surface area contributed by atoms with Crippen molar-refractivity contribution in [1.82, 2.24) is 4.90 Å². The molecule has 1 aromatic carbocycles. The second kappa shape index (κ2) is 6.24. The van der Waals surface area contributed by atoms with Crippen LogP contribution < -0.4 is 0 Å². The van der Waals surface area contributed by atoms with Crippen LogP contribution in [0.4, 0.5) is 11.4 Å². The van der Waals surface area contributed by atoms with Crippen LogP contribution in [0.15, 0.2) is 35.3 Å². The van der Waals surface area contributed by atoms with Gasteiger partial charge in [0.25, 0.3) is 5.69 Å². The predicted molar refractivity (Wildman–Crippen MR) is 97.8 cm³/mol. The highest BCUT2D eigenvalue weighted by Crippen LogP contribution is 2.44. The molecule has 1 aliphatic heterocycles. The van der Waals surface area contributed by atoms with Crippen LogP contribution in [0.3, 0.4) is 0 Å². The van der Waals surface area contributed by atoms with Gasteiger partial charge in [-0.15, -0.1) is 0 Å². The second-order valence-electron chi connectivity index (χ2n) is 6.96. The fraction of sp³-hybridized carbons (Fsp3) is 0.500. The molecule has 3 aliphatic rings. The van der Waals surface area contributed by atoms with Crippen molar-refractivity contribution < 1.29 is 4.92 Å². The molecular formula is C18H21N3O2S. The number of rotatable bonds is 4. The molecule has 1 saturated heterocycles. The van der Waals surface area contributed by atoms with E-state index >= 15 is 0 Å². The molecule has 0 aromatic heterocycles. The summed E-state index contributed by atoms with van der Waals surface area (Å²) in [7, 11) is 0. The number of amidine groups is 1. The summed E-state index contributed by atoms with van der Waals surface area (Å²) < 4.78 is 0. The van der Waals surface area contributed by atoms with E-state index in [1.807, 2.05) is 6.92 Å². The molecule has 2 bridgehead atoms. The Balaban J connectivity index is 1.51. The number of allylic oxidation sites excluding steroid dienone is 2. The maximum Gasteiger partial charge on any atom is 0.269 e. The van der Waals surface area contributed by atoms with E-state index in [1.165, 1.54) is 18.9 Å². The normalized spacial score (nSPS) is 29.8. The van der Waals surface area contributed by atoms with Crippen molar-refractivity contribution >= 4 is 28.3 Å². The number of thioether (sulfide) groups is 1. The summed E-state index contributed by atoms with van der Waals surface area (Å²) in [5.41, 5.74) is 1.82. The van der Waals surface area contributed by atoms with Crippen molar-refractivity contribution in [3.63, 3.8) is 0 Å². The zero-order valence-electron chi connectivity index (χ0n) is 13.7. The van der Waals surface area contributed by atoms with Crippen molar-refractivity contribution in [2.45, 2.75) is 19.8 Å². The van der Waals surface area contributed by atoms with Gasteiger partial charge in [-0.05, 0) is 49.1 Å². The monoisotopic (exact) mass is 343 g/mol. The van der Waals surface area contributed by atoms with E-state index in [0.29, 0.717) is 0 Å². The molecule has 3 unspecified atom stereocenters. The minimum absolute atomic E-state index is 0.126. The summed E-state index contributed by atoms with van der Waals surface area (Å²) in [6.07, 6.45) is 7.43. The van der Waals surface area contributed by atoms with Crippen molar-refractivity contribution in [3.05, 3.63) is 46.0 Å². The smallest absolute Gasteiger partial charge is 0.269 e. The van der Waals surface area contributed by atoms with Crippen LogP contribution in [0.5, 0.6) is 0 Å². The molecule has 1 heterocycles. The van der Waals surface area contributed by atoms with Gasteiger partial charge in [-0.3, -0.25) is 10.1 Å². The van der Waals surface area contributed by atoms with Crippen LogP contribution in [0, 0.1) is 34.8 Å². The summed E-state index contributed by atoms with van der Waals surface area (Å²) >= 11 is 1.79. The van der Waals surface area contributed by atoms with Crippen LogP contribution in [0.1, 0.15) is 18.4 Å². The molecule has 1 saturated carbocycles. The van der Waals surface area contributed by atoms with Crippen molar-refractivity contribution in [2.75, 3.05) is 18.8 Å². The van der Waals surface area contributed by atoms with Gasteiger partial charge in [-0.2, -0.15) is 0 Å². The van der Waals surface area contributed by atoms with Gasteiger partial charge < -0.3 is 4.90 Å². The highest BCUT2D eigenvalue weighted by Gasteiger charge is 2.37. The van der Waals surface area contributed by atoms with Crippen LogP contribution in [0.2, 0.25) is 0 Å². The topological polar surface area (TPSA) is 58.7 Å². The first-order valence-electron chi connectivity index (χ1n) is 8.50. The van der Waals surface area contributed by atoms with Crippen LogP contribution >= 0.6 is 11.8 Å². The SMILES string of the molecule is Cc1cc([N+](=O)[O-])ccc1N=C1SCCN1CC1CC2C=CC1C2. The fourth-order valence-corrected chi connectivity index (χ4v) is 5.08. The number of aryl methyl sites for hydroxylation is 1. The number of nitro groups is 1. The predicted octanol–water partition coefficient (Wildman–Crippen LogP) is 4.15. The number of nitrogens with zero attached hydrogens (tertiary/aromatic N) is 3. The summed E-state index contributed by atoms with van der Waals surface area (Å²) in [4.78, 5) is 17.7.